The normalized spacial score (nSPS) is 14.9. The van der Waals surface area contributed by atoms with Crippen molar-refractivity contribution in [2.75, 3.05) is 13.2 Å². The average molecular weight is 335 g/mol. The number of benzene rings is 2. The van der Waals surface area contributed by atoms with Gasteiger partial charge in [0.15, 0.2) is 11.5 Å². The molecule has 2 aromatic rings. The molecule has 2 aromatic carbocycles. The minimum absolute atomic E-state index is 0.542. The summed E-state index contributed by atoms with van der Waals surface area (Å²) in [6.07, 6.45) is -0.694. The summed E-state index contributed by atoms with van der Waals surface area (Å²) >= 11 is 3.50. The molecule has 0 aliphatic carbocycles. The Labute approximate surface area is 126 Å². The van der Waals surface area contributed by atoms with Gasteiger partial charge in [-0.1, -0.05) is 34.1 Å². The quantitative estimate of drug-likeness (QED) is 0.911. The molecule has 3 rings (SSSR count). The van der Waals surface area contributed by atoms with E-state index in [-0.39, 0.29) is 0 Å². The van der Waals surface area contributed by atoms with Crippen molar-refractivity contribution in [1.29, 1.82) is 0 Å². The van der Waals surface area contributed by atoms with Crippen molar-refractivity contribution in [3.8, 4) is 11.5 Å². The zero-order valence-electron chi connectivity index (χ0n) is 11.1. The van der Waals surface area contributed by atoms with E-state index >= 15 is 0 Å². The summed E-state index contributed by atoms with van der Waals surface area (Å²) in [6, 6.07) is 11.5. The van der Waals surface area contributed by atoms with Crippen molar-refractivity contribution in [1.82, 2.24) is 0 Å². The first-order chi connectivity index (χ1) is 9.65. The largest absolute Gasteiger partial charge is 0.486 e. The van der Waals surface area contributed by atoms with E-state index in [2.05, 4.69) is 15.9 Å². The predicted molar refractivity (Wildman–Crippen MR) is 80.4 cm³/mol. The molecule has 0 spiro atoms. The number of aryl methyl sites for hydroxylation is 1. The Balaban J connectivity index is 1.95. The van der Waals surface area contributed by atoms with E-state index in [4.69, 9.17) is 9.47 Å². The molecular weight excluding hydrogens is 320 g/mol. The van der Waals surface area contributed by atoms with Crippen LogP contribution in [-0.2, 0) is 0 Å². The maximum Gasteiger partial charge on any atom is 0.161 e. The molecule has 20 heavy (non-hydrogen) atoms. The third kappa shape index (κ3) is 2.53. The molecule has 1 heterocycles. The van der Waals surface area contributed by atoms with Gasteiger partial charge in [-0.2, -0.15) is 0 Å². The maximum absolute atomic E-state index is 10.5. The van der Waals surface area contributed by atoms with Gasteiger partial charge in [0.05, 0.1) is 0 Å². The number of ether oxygens (including phenoxy) is 2. The van der Waals surface area contributed by atoms with Crippen LogP contribution in [0.25, 0.3) is 0 Å². The number of hydrogen-bond donors (Lipinski definition) is 1. The minimum Gasteiger partial charge on any atom is -0.486 e. The first-order valence-corrected chi connectivity index (χ1v) is 7.28. The zero-order valence-corrected chi connectivity index (χ0v) is 12.7. The van der Waals surface area contributed by atoms with Gasteiger partial charge in [-0.3, -0.25) is 0 Å². The number of hydrogen-bond acceptors (Lipinski definition) is 3. The van der Waals surface area contributed by atoms with Crippen LogP contribution in [0.1, 0.15) is 22.8 Å². The number of halogens is 1. The summed E-state index contributed by atoms with van der Waals surface area (Å²) < 4.78 is 11.9. The van der Waals surface area contributed by atoms with Crippen molar-refractivity contribution < 1.29 is 14.6 Å². The SMILES string of the molecule is Cc1ccc(C(O)c2ccc3c(c2)OCCO3)c(Br)c1. The van der Waals surface area contributed by atoms with Gasteiger partial charge >= 0.3 is 0 Å². The summed E-state index contributed by atoms with van der Waals surface area (Å²) in [7, 11) is 0. The van der Waals surface area contributed by atoms with Crippen molar-refractivity contribution in [3.63, 3.8) is 0 Å². The molecule has 3 nitrogen and oxygen atoms in total. The Kier molecular flexibility index (Phi) is 3.68. The topological polar surface area (TPSA) is 38.7 Å². The average Bonchev–Trinajstić information content (AvgIpc) is 2.46. The molecule has 0 fully saturated rings. The summed E-state index contributed by atoms with van der Waals surface area (Å²) in [4.78, 5) is 0. The molecule has 104 valence electrons. The molecule has 4 heteroatoms. The third-order valence-electron chi connectivity index (χ3n) is 3.33. The molecule has 0 aromatic heterocycles. The first-order valence-electron chi connectivity index (χ1n) is 6.49. The Morgan fingerprint density at radius 2 is 1.80 bits per heavy atom. The standard InChI is InChI=1S/C16H15BrO3/c1-10-2-4-12(13(17)8-10)16(18)11-3-5-14-15(9-11)20-7-6-19-14/h2-5,8-9,16,18H,6-7H2,1H3. The van der Waals surface area contributed by atoms with E-state index in [0.717, 1.165) is 26.9 Å². The van der Waals surface area contributed by atoms with E-state index in [0.29, 0.717) is 19.0 Å². The number of aliphatic hydroxyl groups excluding tert-OH is 1. The lowest BCUT2D eigenvalue weighted by molar-refractivity contribution is 0.169. The van der Waals surface area contributed by atoms with Crippen molar-refractivity contribution in [2.24, 2.45) is 0 Å². The molecule has 0 saturated heterocycles. The Morgan fingerprint density at radius 1 is 1.05 bits per heavy atom. The minimum atomic E-state index is -0.694. The van der Waals surface area contributed by atoms with Crippen LogP contribution in [0, 0.1) is 6.92 Å². The molecule has 0 radical (unpaired) electrons. The molecule has 0 amide bonds. The van der Waals surface area contributed by atoms with Crippen LogP contribution in [-0.4, -0.2) is 18.3 Å². The van der Waals surface area contributed by atoms with Crippen LogP contribution in [0.4, 0.5) is 0 Å². The van der Waals surface area contributed by atoms with Gasteiger partial charge in [0.25, 0.3) is 0 Å². The second kappa shape index (κ2) is 5.46. The van der Waals surface area contributed by atoms with Gasteiger partial charge in [-0.15, -0.1) is 0 Å². The molecular formula is C16H15BrO3. The van der Waals surface area contributed by atoms with Crippen LogP contribution in [0.3, 0.4) is 0 Å². The van der Waals surface area contributed by atoms with Crippen LogP contribution < -0.4 is 9.47 Å². The monoisotopic (exact) mass is 334 g/mol. The highest BCUT2D eigenvalue weighted by Gasteiger charge is 2.18. The highest BCUT2D eigenvalue weighted by molar-refractivity contribution is 9.10. The zero-order chi connectivity index (χ0) is 14.1. The Bertz CT molecular complexity index is 640. The molecule has 1 atom stereocenters. The van der Waals surface area contributed by atoms with E-state index < -0.39 is 6.10 Å². The number of fused-ring (bicyclic) bond motifs is 1. The van der Waals surface area contributed by atoms with Gasteiger partial charge < -0.3 is 14.6 Å². The van der Waals surface area contributed by atoms with Crippen LogP contribution in [0.5, 0.6) is 11.5 Å². The number of aliphatic hydroxyl groups is 1. The van der Waals surface area contributed by atoms with Gasteiger partial charge in [-0.05, 0) is 41.8 Å². The van der Waals surface area contributed by atoms with Crippen LogP contribution in [0.15, 0.2) is 40.9 Å². The first kappa shape index (κ1) is 13.5. The van der Waals surface area contributed by atoms with Crippen LogP contribution >= 0.6 is 15.9 Å². The Morgan fingerprint density at radius 3 is 2.55 bits per heavy atom. The fraction of sp³-hybridized carbons (Fsp3) is 0.250. The van der Waals surface area contributed by atoms with Gasteiger partial charge in [-0.25, -0.2) is 0 Å². The second-order valence-corrected chi connectivity index (χ2v) is 5.68. The Hall–Kier alpha value is -1.52. The lowest BCUT2D eigenvalue weighted by atomic mass is 10.00. The van der Waals surface area contributed by atoms with Gasteiger partial charge in [0.2, 0.25) is 0 Å². The number of rotatable bonds is 2. The summed E-state index contributed by atoms with van der Waals surface area (Å²) in [5.41, 5.74) is 2.78. The molecule has 0 bridgehead atoms. The molecule has 1 unspecified atom stereocenters. The van der Waals surface area contributed by atoms with Crippen molar-refractivity contribution in [3.05, 3.63) is 57.6 Å². The van der Waals surface area contributed by atoms with Gasteiger partial charge in [0.1, 0.15) is 19.3 Å². The highest BCUT2D eigenvalue weighted by atomic mass is 79.9. The predicted octanol–water partition coefficient (Wildman–Crippen LogP) is 3.61. The highest BCUT2D eigenvalue weighted by Crippen LogP contribution is 2.36. The maximum atomic E-state index is 10.5. The summed E-state index contributed by atoms with van der Waals surface area (Å²) in [6.45, 7) is 3.13. The molecule has 0 saturated carbocycles. The van der Waals surface area contributed by atoms with Gasteiger partial charge in [0, 0.05) is 4.47 Å². The fourth-order valence-corrected chi connectivity index (χ4v) is 2.97. The van der Waals surface area contributed by atoms with E-state index in [1.165, 1.54) is 0 Å². The van der Waals surface area contributed by atoms with E-state index in [1.807, 2.05) is 43.3 Å². The van der Waals surface area contributed by atoms with Crippen molar-refractivity contribution in [2.45, 2.75) is 13.0 Å². The van der Waals surface area contributed by atoms with E-state index in [9.17, 15) is 5.11 Å². The van der Waals surface area contributed by atoms with Crippen molar-refractivity contribution >= 4 is 15.9 Å². The third-order valence-corrected chi connectivity index (χ3v) is 4.02. The van der Waals surface area contributed by atoms with Crippen LogP contribution in [0.2, 0.25) is 0 Å². The summed E-state index contributed by atoms with van der Waals surface area (Å²) in [5.74, 6) is 1.42. The lowest BCUT2D eigenvalue weighted by Gasteiger charge is -2.20. The second-order valence-electron chi connectivity index (χ2n) is 4.83. The molecule has 1 aliphatic rings. The summed E-state index contributed by atoms with van der Waals surface area (Å²) in [5, 5.41) is 10.5. The lowest BCUT2D eigenvalue weighted by Crippen LogP contribution is -2.15. The van der Waals surface area contributed by atoms with E-state index in [1.54, 1.807) is 0 Å². The smallest absolute Gasteiger partial charge is 0.161 e. The molecule has 1 N–H and O–H groups in total. The molecule has 1 aliphatic heterocycles. The fourth-order valence-electron chi connectivity index (χ4n) is 2.26.